The van der Waals surface area contributed by atoms with Gasteiger partial charge in [-0.3, -0.25) is 4.79 Å². The summed E-state index contributed by atoms with van der Waals surface area (Å²) in [5.74, 6) is 1.23. The Morgan fingerprint density at radius 2 is 2.27 bits per heavy atom. The van der Waals surface area contributed by atoms with E-state index in [0.717, 1.165) is 31.0 Å². The Hall–Kier alpha value is -1.59. The highest BCUT2D eigenvalue weighted by Gasteiger charge is 2.16. The number of rotatable bonds is 6. The van der Waals surface area contributed by atoms with Crippen LogP contribution in [-0.2, 0) is 9.53 Å². The van der Waals surface area contributed by atoms with Crippen molar-refractivity contribution in [3.05, 3.63) is 29.8 Å². The lowest BCUT2D eigenvalue weighted by Crippen LogP contribution is -2.36. The van der Waals surface area contributed by atoms with Gasteiger partial charge in [-0.05, 0) is 25.6 Å². The molecule has 0 aromatic heterocycles. The second-order valence-corrected chi connectivity index (χ2v) is 5.87. The minimum atomic E-state index is 0.0282. The Labute approximate surface area is 132 Å². The zero-order chi connectivity index (χ0) is 15.8. The summed E-state index contributed by atoms with van der Waals surface area (Å²) in [6, 6.07) is 7.83. The molecule has 1 aromatic carbocycles. The highest BCUT2D eigenvalue weighted by molar-refractivity contribution is 5.76. The zero-order valence-corrected chi connectivity index (χ0v) is 13.5. The van der Waals surface area contributed by atoms with Crippen LogP contribution in [0.5, 0.6) is 5.75 Å². The Morgan fingerprint density at radius 3 is 3.09 bits per heavy atom. The monoisotopic (exact) mass is 306 g/mol. The van der Waals surface area contributed by atoms with E-state index >= 15 is 0 Å². The maximum atomic E-state index is 11.9. The van der Waals surface area contributed by atoms with Crippen LogP contribution in [0.4, 0.5) is 0 Å². The first-order chi connectivity index (χ1) is 10.6. The third-order valence-corrected chi connectivity index (χ3v) is 3.81. The van der Waals surface area contributed by atoms with Gasteiger partial charge in [0.15, 0.2) is 0 Å². The van der Waals surface area contributed by atoms with Gasteiger partial charge in [0.1, 0.15) is 5.75 Å². The topological polar surface area (TPSA) is 50.8 Å². The third kappa shape index (κ3) is 5.66. The number of carbonyl (C=O) groups is 1. The number of amides is 1. The fourth-order valence-corrected chi connectivity index (χ4v) is 2.50. The number of aryl methyl sites for hydroxylation is 1. The maximum absolute atomic E-state index is 11.9. The molecule has 5 nitrogen and oxygen atoms in total. The number of nitrogens with one attached hydrogen (secondary N) is 1. The summed E-state index contributed by atoms with van der Waals surface area (Å²) >= 11 is 0. The summed E-state index contributed by atoms with van der Waals surface area (Å²) in [5.41, 5.74) is 1.08. The van der Waals surface area contributed by atoms with Crippen LogP contribution in [0.3, 0.4) is 0 Å². The predicted molar refractivity (Wildman–Crippen MR) is 86.1 cm³/mol. The number of likely N-dealkylation sites (N-methyl/N-ethyl adjacent to an activating group) is 1. The van der Waals surface area contributed by atoms with Crippen LogP contribution >= 0.6 is 0 Å². The molecule has 1 heterocycles. The lowest BCUT2D eigenvalue weighted by Gasteiger charge is -2.19. The van der Waals surface area contributed by atoms with Gasteiger partial charge in [-0.25, -0.2) is 0 Å². The maximum Gasteiger partial charge on any atom is 0.223 e. The second kappa shape index (κ2) is 8.76. The van der Waals surface area contributed by atoms with Gasteiger partial charge in [-0.2, -0.15) is 0 Å². The number of para-hydroxylation sites is 1. The van der Waals surface area contributed by atoms with E-state index < -0.39 is 0 Å². The molecule has 0 saturated carbocycles. The number of ether oxygens (including phenoxy) is 2. The summed E-state index contributed by atoms with van der Waals surface area (Å²) in [7, 11) is 2.08. The number of carbonyl (C=O) groups excluding carboxylic acids is 1. The largest absolute Gasteiger partial charge is 0.493 e. The lowest BCUT2D eigenvalue weighted by molar-refractivity contribution is -0.121. The number of hydrogen-bond donors (Lipinski definition) is 1. The van der Waals surface area contributed by atoms with Crippen LogP contribution in [0, 0.1) is 12.8 Å². The van der Waals surface area contributed by atoms with E-state index in [-0.39, 0.29) is 5.91 Å². The van der Waals surface area contributed by atoms with Crippen molar-refractivity contribution in [1.82, 2.24) is 10.2 Å². The molecule has 1 N–H and O–H groups in total. The van der Waals surface area contributed by atoms with Crippen LogP contribution in [0.1, 0.15) is 12.0 Å². The molecule has 122 valence electrons. The summed E-state index contributed by atoms with van der Waals surface area (Å²) < 4.78 is 11.2. The molecule has 1 aromatic rings. The average Bonchev–Trinajstić information content (AvgIpc) is 2.71. The minimum Gasteiger partial charge on any atom is -0.493 e. The van der Waals surface area contributed by atoms with E-state index in [1.165, 1.54) is 0 Å². The van der Waals surface area contributed by atoms with Crippen molar-refractivity contribution in [1.29, 1.82) is 0 Å². The van der Waals surface area contributed by atoms with E-state index in [9.17, 15) is 4.79 Å². The Bertz CT molecular complexity index is 479. The average molecular weight is 306 g/mol. The molecule has 0 bridgehead atoms. The molecule has 1 amide bonds. The lowest BCUT2D eigenvalue weighted by atomic mass is 10.1. The molecule has 1 saturated heterocycles. The molecule has 2 rings (SSSR count). The molecule has 1 atom stereocenters. The van der Waals surface area contributed by atoms with Gasteiger partial charge >= 0.3 is 0 Å². The van der Waals surface area contributed by atoms with Gasteiger partial charge < -0.3 is 19.7 Å². The number of benzene rings is 1. The molecule has 0 aliphatic carbocycles. The third-order valence-electron chi connectivity index (χ3n) is 3.81. The van der Waals surface area contributed by atoms with Gasteiger partial charge in [-0.15, -0.1) is 0 Å². The van der Waals surface area contributed by atoms with Crippen LogP contribution in [-0.4, -0.2) is 57.3 Å². The SMILES string of the molecule is Cc1ccccc1OCCC(=O)NCC1COCCN(C)C1. The highest BCUT2D eigenvalue weighted by atomic mass is 16.5. The second-order valence-electron chi connectivity index (χ2n) is 5.87. The molecule has 0 spiro atoms. The van der Waals surface area contributed by atoms with Crippen molar-refractivity contribution in [3.63, 3.8) is 0 Å². The Kier molecular flexibility index (Phi) is 6.68. The minimum absolute atomic E-state index is 0.0282. The molecule has 0 radical (unpaired) electrons. The van der Waals surface area contributed by atoms with Crippen molar-refractivity contribution in [2.75, 3.05) is 46.5 Å². The molecular formula is C17H26N2O3. The van der Waals surface area contributed by atoms with E-state index in [4.69, 9.17) is 9.47 Å². The summed E-state index contributed by atoms with van der Waals surface area (Å²) in [5, 5.41) is 2.98. The van der Waals surface area contributed by atoms with Gasteiger partial charge in [0.2, 0.25) is 5.91 Å². The first kappa shape index (κ1) is 16.8. The Morgan fingerprint density at radius 1 is 1.45 bits per heavy atom. The fourth-order valence-electron chi connectivity index (χ4n) is 2.50. The van der Waals surface area contributed by atoms with Gasteiger partial charge in [0.05, 0.1) is 26.2 Å². The van der Waals surface area contributed by atoms with Crippen LogP contribution in [0.2, 0.25) is 0 Å². The predicted octanol–water partition coefficient (Wildman–Crippen LogP) is 1.46. The van der Waals surface area contributed by atoms with Crippen LogP contribution < -0.4 is 10.1 Å². The van der Waals surface area contributed by atoms with E-state index in [1.807, 2.05) is 31.2 Å². The number of hydrogen-bond acceptors (Lipinski definition) is 4. The molecule has 1 aliphatic heterocycles. The quantitative estimate of drug-likeness (QED) is 0.864. The molecule has 22 heavy (non-hydrogen) atoms. The smallest absolute Gasteiger partial charge is 0.223 e. The highest BCUT2D eigenvalue weighted by Crippen LogP contribution is 2.16. The standard InChI is InChI=1S/C17H26N2O3/c1-14-5-3-4-6-16(14)22-9-7-17(20)18-11-15-12-19(2)8-10-21-13-15/h3-6,15H,7-13H2,1-2H3,(H,18,20). The summed E-state index contributed by atoms with van der Waals surface area (Å²) in [6.07, 6.45) is 0.373. The van der Waals surface area contributed by atoms with E-state index in [1.54, 1.807) is 0 Å². The van der Waals surface area contributed by atoms with Crippen molar-refractivity contribution < 1.29 is 14.3 Å². The van der Waals surface area contributed by atoms with Crippen LogP contribution in [0.25, 0.3) is 0 Å². The zero-order valence-electron chi connectivity index (χ0n) is 13.5. The van der Waals surface area contributed by atoms with E-state index in [2.05, 4.69) is 17.3 Å². The molecule has 1 aliphatic rings. The summed E-state index contributed by atoms with van der Waals surface area (Å²) in [6.45, 7) is 6.45. The van der Waals surface area contributed by atoms with Gasteiger partial charge in [-0.1, -0.05) is 18.2 Å². The summed E-state index contributed by atoms with van der Waals surface area (Å²) in [4.78, 5) is 14.1. The Balaban J connectivity index is 1.64. The van der Waals surface area contributed by atoms with Crippen molar-refractivity contribution in [2.45, 2.75) is 13.3 Å². The molecule has 5 heteroatoms. The first-order valence-electron chi connectivity index (χ1n) is 7.86. The normalized spacial score (nSPS) is 19.5. The van der Waals surface area contributed by atoms with E-state index in [0.29, 0.717) is 32.1 Å². The van der Waals surface area contributed by atoms with Gasteiger partial charge in [0, 0.05) is 25.6 Å². The molecule has 1 unspecified atom stereocenters. The van der Waals surface area contributed by atoms with Gasteiger partial charge in [0.25, 0.3) is 0 Å². The molecule has 1 fully saturated rings. The first-order valence-corrected chi connectivity index (χ1v) is 7.86. The molecular weight excluding hydrogens is 280 g/mol. The van der Waals surface area contributed by atoms with Crippen molar-refractivity contribution in [3.8, 4) is 5.75 Å². The van der Waals surface area contributed by atoms with Crippen molar-refractivity contribution in [2.24, 2.45) is 5.92 Å². The van der Waals surface area contributed by atoms with Crippen LogP contribution in [0.15, 0.2) is 24.3 Å². The van der Waals surface area contributed by atoms with Crippen molar-refractivity contribution >= 4 is 5.91 Å². The fraction of sp³-hybridized carbons (Fsp3) is 0.588. The number of nitrogens with zero attached hydrogens (tertiary/aromatic N) is 1.